The Morgan fingerprint density at radius 3 is 2.43 bits per heavy atom. The molecule has 0 spiro atoms. The van der Waals surface area contributed by atoms with E-state index in [1.54, 1.807) is 36.4 Å². The van der Waals surface area contributed by atoms with Crippen LogP contribution >= 0.6 is 50.7 Å². The largest absolute Gasteiger partial charge is 0.617 e. The van der Waals surface area contributed by atoms with Crippen LogP contribution in [0.15, 0.2) is 46.9 Å². The van der Waals surface area contributed by atoms with Crippen molar-refractivity contribution in [3.63, 3.8) is 0 Å². The van der Waals surface area contributed by atoms with Crippen LogP contribution in [0.5, 0.6) is 0 Å². The maximum atomic E-state index is 12.4. The van der Waals surface area contributed by atoms with Gasteiger partial charge in [0.25, 0.3) is 5.15 Å². The van der Waals surface area contributed by atoms with Crippen molar-refractivity contribution in [2.75, 3.05) is 0 Å². The lowest BCUT2D eigenvalue weighted by Gasteiger charge is -2.12. The van der Waals surface area contributed by atoms with Crippen LogP contribution in [0.4, 0.5) is 0 Å². The lowest BCUT2D eigenvalue weighted by molar-refractivity contribution is -0.574. The fourth-order valence-electron chi connectivity index (χ4n) is 2.19. The molecule has 6 heteroatoms. The van der Waals surface area contributed by atoms with Crippen LogP contribution in [-0.4, -0.2) is 0 Å². The number of fused-ring (bicyclic) bond motifs is 1. The molecular weight excluding hydrogens is 396 g/mol. The summed E-state index contributed by atoms with van der Waals surface area (Å²) in [5, 5.41) is 13.9. The molecule has 3 rings (SSSR count). The number of pyridine rings is 1. The van der Waals surface area contributed by atoms with Crippen molar-refractivity contribution in [3.05, 3.63) is 67.3 Å². The van der Waals surface area contributed by atoms with Crippen LogP contribution in [0.1, 0.15) is 0 Å². The van der Waals surface area contributed by atoms with Gasteiger partial charge in [0.1, 0.15) is 0 Å². The number of rotatable bonds is 1. The normalized spacial score (nSPS) is 11.0. The molecule has 0 atom stereocenters. The zero-order chi connectivity index (χ0) is 15.1. The second-order valence-corrected chi connectivity index (χ2v) is 6.47. The maximum Gasteiger partial charge on any atom is 0.296 e. The molecule has 0 radical (unpaired) electrons. The van der Waals surface area contributed by atoms with Crippen LogP contribution in [0.3, 0.4) is 0 Å². The number of benzene rings is 2. The van der Waals surface area contributed by atoms with Gasteiger partial charge in [-0.2, -0.15) is 4.73 Å². The van der Waals surface area contributed by atoms with Crippen LogP contribution in [0.25, 0.3) is 22.0 Å². The molecular formula is C15H7BrCl3NO. The van der Waals surface area contributed by atoms with E-state index in [0.29, 0.717) is 36.8 Å². The topological polar surface area (TPSA) is 26.9 Å². The van der Waals surface area contributed by atoms with Crippen molar-refractivity contribution in [1.82, 2.24) is 0 Å². The molecule has 0 aliphatic heterocycles. The van der Waals surface area contributed by atoms with E-state index in [-0.39, 0.29) is 5.15 Å². The number of aromatic nitrogens is 1. The van der Waals surface area contributed by atoms with Gasteiger partial charge in [0.2, 0.25) is 5.52 Å². The van der Waals surface area contributed by atoms with Crippen LogP contribution in [0, 0.1) is 5.21 Å². The molecule has 0 aliphatic carbocycles. The van der Waals surface area contributed by atoms with E-state index in [4.69, 9.17) is 34.8 Å². The van der Waals surface area contributed by atoms with E-state index >= 15 is 0 Å². The first-order valence-corrected chi connectivity index (χ1v) is 7.88. The van der Waals surface area contributed by atoms with E-state index in [0.717, 1.165) is 4.47 Å². The van der Waals surface area contributed by atoms with E-state index in [2.05, 4.69) is 15.9 Å². The molecule has 1 aromatic heterocycles. The zero-order valence-electron chi connectivity index (χ0n) is 10.4. The summed E-state index contributed by atoms with van der Waals surface area (Å²) in [6, 6.07) is 12.3. The molecule has 2 aromatic carbocycles. The summed E-state index contributed by atoms with van der Waals surface area (Å²) in [5.41, 5.74) is 1.47. The first kappa shape index (κ1) is 14.9. The van der Waals surface area contributed by atoms with Gasteiger partial charge in [-0.1, -0.05) is 57.3 Å². The smallest absolute Gasteiger partial charge is 0.296 e. The van der Waals surface area contributed by atoms with Crippen molar-refractivity contribution in [2.24, 2.45) is 0 Å². The Balaban J connectivity index is 2.47. The Morgan fingerprint density at radius 2 is 1.71 bits per heavy atom. The van der Waals surface area contributed by atoms with Gasteiger partial charge >= 0.3 is 0 Å². The highest BCUT2D eigenvalue weighted by Crippen LogP contribution is 2.40. The standard InChI is InChI=1S/C15H7BrCl3NO/c16-8-5-6-12-10(7-8)14(18)13(15(19)20(12)21)9-3-1-2-4-11(9)17/h1-7H. The maximum absolute atomic E-state index is 12.4. The summed E-state index contributed by atoms with van der Waals surface area (Å²) >= 11 is 22.3. The molecule has 0 saturated heterocycles. The molecule has 1 heterocycles. The molecule has 0 aliphatic rings. The van der Waals surface area contributed by atoms with Crippen molar-refractivity contribution in [2.45, 2.75) is 0 Å². The van der Waals surface area contributed by atoms with Crippen molar-refractivity contribution in [3.8, 4) is 11.1 Å². The summed E-state index contributed by atoms with van der Waals surface area (Å²) in [6.07, 6.45) is 0. The average molecular weight is 403 g/mol. The summed E-state index contributed by atoms with van der Waals surface area (Å²) in [4.78, 5) is 0. The van der Waals surface area contributed by atoms with Gasteiger partial charge in [-0.05, 0) is 29.8 Å². The molecule has 0 fully saturated rings. The molecule has 0 saturated carbocycles. The summed E-state index contributed by atoms with van der Waals surface area (Å²) in [6.45, 7) is 0. The third-order valence-electron chi connectivity index (χ3n) is 3.16. The zero-order valence-corrected chi connectivity index (χ0v) is 14.3. The van der Waals surface area contributed by atoms with Gasteiger partial charge in [0.15, 0.2) is 0 Å². The van der Waals surface area contributed by atoms with Gasteiger partial charge in [0, 0.05) is 21.1 Å². The van der Waals surface area contributed by atoms with E-state index in [9.17, 15) is 5.21 Å². The number of halogens is 4. The molecule has 0 amide bonds. The quantitative estimate of drug-likeness (QED) is 0.284. The average Bonchev–Trinajstić information content (AvgIpc) is 2.47. The van der Waals surface area contributed by atoms with E-state index in [1.807, 2.05) is 6.07 Å². The Morgan fingerprint density at radius 1 is 1.00 bits per heavy atom. The van der Waals surface area contributed by atoms with Crippen molar-refractivity contribution < 1.29 is 4.73 Å². The van der Waals surface area contributed by atoms with Crippen LogP contribution in [0.2, 0.25) is 15.2 Å². The minimum atomic E-state index is 0.00271. The predicted molar refractivity (Wildman–Crippen MR) is 91.1 cm³/mol. The van der Waals surface area contributed by atoms with Crippen LogP contribution < -0.4 is 4.73 Å². The van der Waals surface area contributed by atoms with Crippen LogP contribution in [-0.2, 0) is 0 Å². The number of hydrogen-bond acceptors (Lipinski definition) is 1. The molecule has 21 heavy (non-hydrogen) atoms. The Labute approximate surface area is 144 Å². The minimum absolute atomic E-state index is 0.00271. The lowest BCUT2D eigenvalue weighted by atomic mass is 10.0. The van der Waals surface area contributed by atoms with Gasteiger partial charge in [-0.15, -0.1) is 0 Å². The molecule has 0 N–H and O–H groups in total. The van der Waals surface area contributed by atoms with E-state index < -0.39 is 0 Å². The number of nitrogens with zero attached hydrogens (tertiary/aromatic N) is 1. The fraction of sp³-hybridized carbons (Fsp3) is 0. The van der Waals surface area contributed by atoms with Gasteiger partial charge in [0.05, 0.1) is 16.0 Å². The molecule has 106 valence electrons. The summed E-state index contributed by atoms with van der Waals surface area (Å²) < 4.78 is 1.48. The lowest BCUT2D eigenvalue weighted by Crippen LogP contribution is -2.29. The Hall–Kier alpha value is -1.000. The second kappa shape index (κ2) is 5.65. The van der Waals surface area contributed by atoms with E-state index in [1.165, 1.54) is 0 Å². The third kappa shape index (κ3) is 2.49. The fourth-order valence-corrected chi connectivity index (χ4v) is 3.46. The molecule has 0 unspecified atom stereocenters. The highest BCUT2D eigenvalue weighted by Gasteiger charge is 2.23. The Kier molecular flexibility index (Phi) is 4.02. The summed E-state index contributed by atoms with van der Waals surface area (Å²) in [7, 11) is 0. The molecule has 2 nitrogen and oxygen atoms in total. The van der Waals surface area contributed by atoms with Gasteiger partial charge in [-0.25, -0.2) is 0 Å². The summed E-state index contributed by atoms with van der Waals surface area (Å²) in [5.74, 6) is 0. The highest BCUT2D eigenvalue weighted by atomic mass is 79.9. The first-order valence-electron chi connectivity index (χ1n) is 5.95. The first-order chi connectivity index (χ1) is 10.0. The predicted octanol–water partition coefficient (Wildman–Crippen LogP) is 5.86. The van der Waals surface area contributed by atoms with Crippen molar-refractivity contribution >= 4 is 61.6 Å². The molecule has 3 aromatic rings. The highest BCUT2D eigenvalue weighted by molar-refractivity contribution is 9.10. The Bertz CT molecular complexity index is 867. The van der Waals surface area contributed by atoms with Gasteiger partial charge in [-0.3, -0.25) is 0 Å². The minimum Gasteiger partial charge on any atom is -0.617 e. The van der Waals surface area contributed by atoms with Crippen molar-refractivity contribution in [1.29, 1.82) is 0 Å². The second-order valence-electron chi connectivity index (χ2n) is 4.42. The SMILES string of the molecule is [O-][n+]1c(Cl)c(-c2ccccc2Cl)c(Cl)c2cc(Br)ccc21. The molecule has 0 bridgehead atoms. The third-order valence-corrected chi connectivity index (χ3v) is 4.72. The van der Waals surface area contributed by atoms with Gasteiger partial charge < -0.3 is 5.21 Å². The number of hydrogen-bond donors (Lipinski definition) is 0. The monoisotopic (exact) mass is 401 g/mol.